The summed E-state index contributed by atoms with van der Waals surface area (Å²) in [6.07, 6.45) is -0.124. The highest BCUT2D eigenvalue weighted by atomic mass is 32.2. The monoisotopic (exact) mass is 255 g/mol. The van der Waals surface area contributed by atoms with Gasteiger partial charge in [-0.15, -0.1) is 0 Å². The first-order chi connectivity index (χ1) is 7.88. The molecule has 1 aromatic carbocycles. The van der Waals surface area contributed by atoms with Crippen molar-refractivity contribution < 1.29 is 17.7 Å². The molecule has 7 nitrogen and oxygen atoms in total. The maximum absolute atomic E-state index is 11.2. The van der Waals surface area contributed by atoms with Gasteiger partial charge in [0, 0.05) is 5.39 Å². The third kappa shape index (κ3) is 2.27. The Morgan fingerprint density at radius 1 is 1.41 bits per heavy atom. The molecule has 0 spiro atoms. The second-order valence-corrected chi connectivity index (χ2v) is 5.04. The van der Waals surface area contributed by atoms with Crippen LogP contribution >= 0.6 is 0 Å². The van der Waals surface area contributed by atoms with Gasteiger partial charge >= 0.3 is 0 Å². The van der Waals surface area contributed by atoms with Gasteiger partial charge in [0.1, 0.15) is 5.69 Å². The van der Waals surface area contributed by atoms with E-state index in [0.29, 0.717) is 11.0 Å². The van der Waals surface area contributed by atoms with Gasteiger partial charge in [-0.2, -0.15) is 0 Å². The van der Waals surface area contributed by atoms with Crippen LogP contribution in [0.5, 0.6) is 0 Å². The first kappa shape index (κ1) is 11.6. The van der Waals surface area contributed by atoms with Gasteiger partial charge in [0.05, 0.1) is 11.3 Å². The molecular weight excluding hydrogens is 246 g/mol. The van der Waals surface area contributed by atoms with E-state index in [9.17, 15) is 13.2 Å². The van der Waals surface area contributed by atoms with Crippen molar-refractivity contribution in [2.45, 2.75) is 11.3 Å². The molecule has 0 saturated carbocycles. The van der Waals surface area contributed by atoms with Crippen LogP contribution in [0.4, 0.5) is 0 Å². The number of aromatic nitrogens is 1. The van der Waals surface area contributed by atoms with Crippen LogP contribution in [-0.2, 0) is 21.2 Å². The van der Waals surface area contributed by atoms with Gasteiger partial charge in [-0.3, -0.25) is 4.79 Å². The standard InChI is InChI=1S/C9H9N3O4S/c10-9(13)4-7-6-3-5(17(11,14)15)1-2-8(6)16-12-7/h1-3H,4H2,(H2,10,13)(H2,11,14,15). The fraction of sp³-hybridized carbons (Fsp3) is 0.111. The highest BCUT2D eigenvalue weighted by Crippen LogP contribution is 2.22. The topological polar surface area (TPSA) is 129 Å². The van der Waals surface area contributed by atoms with E-state index < -0.39 is 15.9 Å². The molecule has 17 heavy (non-hydrogen) atoms. The number of nitrogens with two attached hydrogens (primary N) is 2. The number of benzene rings is 1. The van der Waals surface area contributed by atoms with Gasteiger partial charge in [0.2, 0.25) is 15.9 Å². The molecule has 2 aromatic rings. The summed E-state index contributed by atoms with van der Waals surface area (Å²) in [6.45, 7) is 0. The van der Waals surface area contributed by atoms with Crippen molar-refractivity contribution in [1.29, 1.82) is 0 Å². The number of carbonyl (C=O) groups excluding carboxylic acids is 1. The lowest BCUT2D eigenvalue weighted by Crippen LogP contribution is -2.14. The van der Waals surface area contributed by atoms with E-state index in [1.807, 2.05) is 0 Å². The normalized spacial score (nSPS) is 11.8. The van der Waals surface area contributed by atoms with Crippen LogP contribution in [-0.4, -0.2) is 19.5 Å². The van der Waals surface area contributed by atoms with E-state index in [1.54, 1.807) is 0 Å². The lowest BCUT2D eigenvalue weighted by molar-refractivity contribution is -0.117. The highest BCUT2D eigenvalue weighted by molar-refractivity contribution is 7.89. The minimum atomic E-state index is -3.80. The van der Waals surface area contributed by atoms with Gasteiger partial charge in [-0.1, -0.05) is 5.16 Å². The molecule has 2 rings (SSSR count). The molecule has 4 N–H and O–H groups in total. The lowest BCUT2D eigenvalue weighted by atomic mass is 10.2. The molecule has 0 aliphatic heterocycles. The van der Waals surface area contributed by atoms with Gasteiger partial charge in [0.25, 0.3) is 0 Å². The maximum atomic E-state index is 11.2. The summed E-state index contributed by atoms with van der Waals surface area (Å²) in [4.78, 5) is 10.7. The molecule has 1 heterocycles. The Hall–Kier alpha value is -1.93. The van der Waals surface area contributed by atoms with Crippen molar-refractivity contribution in [3.8, 4) is 0 Å². The molecule has 0 radical (unpaired) electrons. The fourth-order valence-electron chi connectivity index (χ4n) is 1.44. The Labute approximate surface area is 96.4 Å². The Bertz CT molecular complexity index is 689. The predicted molar refractivity (Wildman–Crippen MR) is 58.3 cm³/mol. The Kier molecular flexibility index (Phi) is 2.60. The zero-order valence-corrected chi connectivity index (χ0v) is 9.40. The molecule has 90 valence electrons. The average Bonchev–Trinajstić information content (AvgIpc) is 2.59. The molecule has 0 unspecified atom stereocenters. The van der Waals surface area contributed by atoms with Crippen LogP contribution in [0.3, 0.4) is 0 Å². The summed E-state index contributed by atoms with van der Waals surface area (Å²) < 4.78 is 27.3. The van der Waals surface area contributed by atoms with Crippen molar-refractivity contribution in [3.05, 3.63) is 23.9 Å². The predicted octanol–water partition coefficient (Wildman–Crippen LogP) is -0.497. The van der Waals surface area contributed by atoms with Crippen molar-refractivity contribution in [2.24, 2.45) is 10.9 Å². The summed E-state index contributed by atoms with van der Waals surface area (Å²) in [6, 6.07) is 4.03. The first-order valence-electron chi connectivity index (χ1n) is 4.57. The number of nitrogens with zero attached hydrogens (tertiary/aromatic N) is 1. The molecule has 1 aromatic heterocycles. The number of rotatable bonds is 3. The van der Waals surface area contributed by atoms with E-state index in [2.05, 4.69) is 5.16 Å². The summed E-state index contributed by atoms with van der Waals surface area (Å²) in [5, 5.41) is 9.06. The van der Waals surface area contributed by atoms with Crippen molar-refractivity contribution >= 4 is 26.9 Å². The summed E-state index contributed by atoms with van der Waals surface area (Å²) in [5.41, 5.74) is 5.69. The van der Waals surface area contributed by atoms with Crippen LogP contribution in [0.15, 0.2) is 27.6 Å². The number of hydrogen-bond acceptors (Lipinski definition) is 5. The smallest absolute Gasteiger partial charge is 0.238 e. The quantitative estimate of drug-likeness (QED) is 0.763. The van der Waals surface area contributed by atoms with Gasteiger partial charge in [-0.25, -0.2) is 13.6 Å². The van der Waals surface area contributed by atoms with Crippen LogP contribution < -0.4 is 10.9 Å². The summed E-state index contributed by atoms with van der Waals surface area (Å²) >= 11 is 0. The third-order valence-corrected chi connectivity index (χ3v) is 3.10. The van der Waals surface area contributed by atoms with E-state index in [1.165, 1.54) is 18.2 Å². The van der Waals surface area contributed by atoms with E-state index in [-0.39, 0.29) is 17.0 Å². The molecule has 0 saturated heterocycles. The minimum Gasteiger partial charge on any atom is -0.369 e. The van der Waals surface area contributed by atoms with Crippen molar-refractivity contribution in [2.75, 3.05) is 0 Å². The van der Waals surface area contributed by atoms with E-state index in [4.69, 9.17) is 15.4 Å². The maximum Gasteiger partial charge on any atom is 0.238 e. The highest BCUT2D eigenvalue weighted by Gasteiger charge is 2.14. The van der Waals surface area contributed by atoms with Gasteiger partial charge in [0.15, 0.2) is 5.58 Å². The number of amides is 1. The van der Waals surface area contributed by atoms with Crippen LogP contribution in [0.2, 0.25) is 0 Å². The minimum absolute atomic E-state index is 0.0704. The van der Waals surface area contributed by atoms with Gasteiger partial charge in [-0.05, 0) is 18.2 Å². The first-order valence-corrected chi connectivity index (χ1v) is 6.12. The van der Waals surface area contributed by atoms with E-state index in [0.717, 1.165) is 0 Å². The number of primary amides is 1. The van der Waals surface area contributed by atoms with Crippen LogP contribution in [0.25, 0.3) is 11.0 Å². The Morgan fingerprint density at radius 2 is 2.12 bits per heavy atom. The number of primary sulfonamides is 1. The zero-order valence-electron chi connectivity index (χ0n) is 8.58. The van der Waals surface area contributed by atoms with E-state index >= 15 is 0 Å². The number of fused-ring (bicyclic) bond motifs is 1. The Balaban J connectivity index is 2.62. The van der Waals surface area contributed by atoms with Crippen LogP contribution in [0.1, 0.15) is 5.69 Å². The number of sulfonamides is 1. The molecule has 0 bridgehead atoms. The van der Waals surface area contributed by atoms with Gasteiger partial charge < -0.3 is 10.3 Å². The summed E-state index contributed by atoms with van der Waals surface area (Å²) in [7, 11) is -3.80. The zero-order chi connectivity index (χ0) is 12.6. The average molecular weight is 255 g/mol. The number of hydrogen-bond donors (Lipinski definition) is 2. The number of carbonyl (C=O) groups is 1. The molecular formula is C9H9N3O4S. The lowest BCUT2D eigenvalue weighted by Gasteiger charge is -1.97. The fourth-order valence-corrected chi connectivity index (χ4v) is 1.98. The Morgan fingerprint density at radius 3 is 2.71 bits per heavy atom. The molecule has 8 heteroatoms. The summed E-state index contributed by atoms with van der Waals surface area (Å²) in [5.74, 6) is -0.582. The second-order valence-electron chi connectivity index (χ2n) is 3.48. The third-order valence-electron chi connectivity index (χ3n) is 2.19. The SMILES string of the molecule is NC(=O)Cc1noc2ccc(S(N)(=O)=O)cc12. The molecule has 0 atom stereocenters. The molecule has 0 aliphatic carbocycles. The second kappa shape index (κ2) is 3.82. The largest absolute Gasteiger partial charge is 0.369 e. The molecule has 0 fully saturated rings. The van der Waals surface area contributed by atoms with Crippen molar-refractivity contribution in [1.82, 2.24) is 5.16 Å². The van der Waals surface area contributed by atoms with Crippen LogP contribution in [0, 0.1) is 0 Å². The van der Waals surface area contributed by atoms with Crippen molar-refractivity contribution in [3.63, 3.8) is 0 Å². The molecule has 0 aliphatic rings. The molecule has 1 amide bonds.